The molecule has 1 heterocycles. The quantitative estimate of drug-likeness (QED) is 0.768. The summed E-state index contributed by atoms with van der Waals surface area (Å²) in [7, 11) is 2.09. The third kappa shape index (κ3) is 3.39. The number of hydrogen-bond acceptors (Lipinski definition) is 4. The molecule has 1 aliphatic carbocycles. The van der Waals surface area contributed by atoms with E-state index in [0.717, 1.165) is 31.6 Å². The summed E-state index contributed by atoms with van der Waals surface area (Å²) in [6, 6.07) is 0. The molecular weight excluding hydrogens is 244 g/mol. The maximum Gasteiger partial charge on any atom is 0.127 e. The predicted octanol–water partition coefficient (Wildman–Crippen LogP) is 2.97. The summed E-state index contributed by atoms with van der Waals surface area (Å²) in [5, 5.41) is 2.08. The van der Waals surface area contributed by atoms with Gasteiger partial charge in [-0.25, -0.2) is 4.98 Å². The molecule has 1 fully saturated rings. The van der Waals surface area contributed by atoms with Crippen LogP contribution in [0, 0.1) is 11.3 Å². The summed E-state index contributed by atoms with van der Waals surface area (Å²) in [4.78, 5) is 18.1. The van der Waals surface area contributed by atoms with Crippen molar-refractivity contribution < 1.29 is 4.79 Å². The van der Waals surface area contributed by atoms with Gasteiger partial charge < -0.3 is 4.79 Å². The minimum Gasteiger partial charge on any atom is -0.303 e. The van der Waals surface area contributed by atoms with Gasteiger partial charge in [0, 0.05) is 23.9 Å². The number of nitrogens with zero attached hydrogens (tertiary/aromatic N) is 2. The maximum absolute atomic E-state index is 11.5. The van der Waals surface area contributed by atoms with Gasteiger partial charge in [-0.05, 0) is 25.8 Å². The zero-order valence-electron chi connectivity index (χ0n) is 11.3. The van der Waals surface area contributed by atoms with Crippen molar-refractivity contribution in [1.82, 2.24) is 9.88 Å². The minimum absolute atomic E-state index is 0.123. The van der Waals surface area contributed by atoms with E-state index in [1.54, 1.807) is 11.3 Å². The van der Waals surface area contributed by atoms with Crippen LogP contribution in [0.2, 0.25) is 0 Å². The molecule has 0 aromatic carbocycles. The van der Waals surface area contributed by atoms with Crippen molar-refractivity contribution in [2.75, 3.05) is 13.6 Å². The van der Waals surface area contributed by atoms with Gasteiger partial charge in [0.05, 0.1) is 11.2 Å². The molecule has 1 aromatic rings. The van der Waals surface area contributed by atoms with E-state index in [4.69, 9.17) is 0 Å². The number of carbonyl (C=O) groups is 1. The summed E-state index contributed by atoms with van der Waals surface area (Å²) in [5.41, 5.74) is 2.84. The van der Waals surface area contributed by atoms with E-state index >= 15 is 0 Å². The molecule has 1 saturated carbocycles. The largest absolute Gasteiger partial charge is 0.303 e. The lowest BCUT2D eigenvalue weighted by molar-refractivity contribution is -0.119. The highest BCUT2D eigenvalue weighted by molar-refractivity contribution is 7.07. The average molecular weight is 266 g/mol. The molecule has 1 aromatic heterocycles. The molecule has 0 radical (unpaired) electrons. The van der Waals surface area contributed by atoms with Gasteiger partial charge in [0.1, 0.15) is 6.29 Å². The monoisotopic (exact) mass is 266 g/mol. The van der Waals surface area contributed by atoms with Crippen LogP contribution in [0.1, 0.15) is 38.3 Å². The van der Waals surface area contributed by atoms with E-state index in [1.165, 1.54) is 19.1 Å². The van der Waals surface area contributed by atoms with Crippen LogP contribution < -0.4 is 0 Å². The molecule has 18 heavy (non-hydrogen) atoms. The van der Waals surface area contributed by atoms with E-state index in [-0.39, 0.29) is 5.41 Å². The molecule has 0 saturated heterocycles. The number of rotatable bonds is 5. The second kappa shape index (κ2) is 5.93. The van der Waals surface area contributed by atoms with Crippen molar-refractivity contribution in [3.05, 3.63) is 16.6 Å². The minimum atomic E-state index is -0.123. The van der Waals surface area contributed by atoms with Gasteiger partial charge >= 0.3 is 0 Å². The van der Waals surface area contributed by atoms with Gasteiger partial charge in [-0.2, -0.15) is 0 Å². The fourth-order valence-electron chi connectivity index (χ4n) is 3.17. The van der Waals surface area contributed by atoms with Crippen molar-refractivity contribution in [2.24, 2.45) is 11.3 Å². The topological polar surface area (TPSA) is 33.2 Å². The highest BCUT2D eigenvalue weighted by Gasteiger charge is 2.35. The Morgan fingerprint density at radius 2 is 2.50 bits per heavy atom. The summed E-state index contributed by atoms with van der Waals surface area (Å²) < 4.78 is 0. The first-order valence-electron chi connectivity index (χ1n) is 6.65. The first-order chi connectivity index (χ1) is 8.63. The Labute approximate surface area is 113 Å². The summed E-state index contributed by atoms with van der Waals surface area (Å²) in [6.07, 6.45) is 5.75. The molecule has 2 rings (SSSR count). The Bertz CT molecular complexity index is 379. The Hall–Kier alpha value is -0.740. The van der Waals surface area contributed by atoms with E-state index in [1.807, 2.05) is 5.51 Å². The Morgan fingerprint density at radius 3 is 3.11 bits per heavy atom. The SMILES string of the molecule is CC1CCCC(C=O)(CN(C)Cc2cscn2)C1. The molecule has 0 amide bonds. The van der Waals surface area contributed by atoms with Crippen LogP contribution in [0.25, 0.3) is 0 Å². The number of aldehydes is 1. The molecule has 0 bridgehead atoms. The number of carbonyl (C=O) groups excluding carboxylic acids is 1. The van der Waals surface area contributed by atoms with Crippen molar-refractivity contribution >= 4 is 17.6 Å². The lowest BCUT2D eigenvalue weighted by Crippen LogP contribution is -2.40. The standard InChI is InChI=1S/C14H22N2OS/c1-12-4-3-5-14(6-12,10-17)9-16(2)7-13-8-18-11-15-13/h8,10-12H,3-7,9H2,1-2H3. The number of thiazole rings is 1. The molecule has 0 spiro atoms. The van der Waals surface area contributed by atoms with Crippen molar-refractivity contribution in [2.45, 2.75) is 39.2 Å². The Morgan fingerprint density at radius 1 is 1.67 bits per heavy atom. The highest BCUT2D eigenvalue weighted by atomic mass is 32.1. The van der Waals surface area contributed by atoms with Crippen LogP contribution in [0.4, 0.5) is 0 Å². The second-order valence-electron chi connectivity index (χ2n) is 5.83. The van der Waals surface area contributed by atoms with Gasteiger partial charge in [-0.15, -0.1) is 11.3 Å². The van der Waals surface area contributed by atoms with E-state index < -0.39 is 0 Å². The molecule has 1 aliphatic rings. The molecule has 2 unspecified atom stereocenters. The Balaban J connectivity index is 1.94. The molecule has 4 heteroatoms. The Kier molecular flexibility index (Phi) is 4.51. The van der Waals surface area contributed by atoms with Crippen LogP contribution >= 0.6 is 11.3 Å². The van der Waals surface area contributed by atoms with Gasteiger partial charge in [0.15, 0.2) is 0 Å². The molecule has 2 atom stereocenters. The zero-order chi connectivity index (χ0) is 13.0. The first-order valence-corrected chi connectivity index (χ1v) is 7.60. The summed E-state index contributed by atoms with van der Waals surface area (Å²) in [6.45, 7) is 3.96. The summed E-state index contributed by atoms with van der Waals surface area (Å²) in [5.74, 6) is 0.677. The van der Waals surface area contributed by atoms with E-state index in [9.17, 15) is 4.79 Å². The van der Waals surface area contributed by atoms with Gasteiger partial charge in [0.25, 0.3) is 0 Å². The third-order valence-corrected chi connectivity index (χ3v) is 4.51. The zero-order valence-corrected chi connectivity index (χ0v) is 12.1. The lowest BCUT2D eigenvalue weighted by atomic mass is 9.71. The third-order valence-electron chi connectivity index (χ3n) is 3.88. The van der Waals surface area contributed by atoms with Crippen LogP contribution in [-0.4, -0.2) is 29.8 Å². The molecule has 0 N–H and O–H groups in total. The molecular formula is C14H22N2OS. The van der Waals surface area contributed by atoms with Gasteiger partial charge in [-0.1, -0.05) is 19.8 Å². The normalized spacial score (nSPS) is 28.5. The number of hydrogen-bond donors (Lipinski definition) is 0. The average Bonchev–Trinajstić information content (AvgIpc) is 2.81. The lowest BCUT2D eigenvalue weighted by Gasteiger charge is -2.38. The molecule has 100 valence electrons. The highest BCUT2D eigenvalue weighted by Crippen LogP contribution is 2.38. The van der Waals surface area contributed by atoms with Crippen LogP contribution in [-0.2, 0) is 11.3 Å². The maximum atomic E-state index is 11.5. The summed E-state index contributed by atoms with van der Waals surface area (Å²) >= 11 is 1.63. The molecule has 0 aliphatic heterocycles. The predicted molar refractivity (Wildman–Crippen MR) is 74.6 cm³/mol. The second-order valence-corrected chi connectivity index (χ2v) is 6.55. The fourth-order valence-corrected chi connectivity index (χ4v) is 3.72. The molecule has 3 nitrogen and oxygen atoms in total. The first kappa shape index (κ1) is 13.7. The van der Waals surface area contributed by atoms with Crippen molar-refractivity contribution in [1.29, 1.82) is 0 Å². The van der Waals surface area contributed by atoms with Crippen LogP contribution in [0.15, 0.2) is 10.9 Å². The fraction of sp³-hybridized carbons (Fsp3) is 0.714. The van der Waals surface area contributed by atoms with Crippen molar-refractivity contribution in [3.8, 4) is 0 Å². The van der Waals surface area contributed by atoms with Crippen molar-refractivity contribution in [3.63, 3.8) is 0 Å². The van der Waals surface area contributed by atoms with Gasteiger partial charge in [-0.3, -0.25) is 4.90 Å². The van der Waals surface area contributed by atoms with Gasteiger partial charge in [0.2, 0.25) is 0 Å². The van der Waals surface area contributed by atoms with Crippen LogP contribution in [0.3, 0.4) is 0 Å². The van der Waals surface area contributed by atoms with Crippen LogP contribution in [0.5, 0.6) is 0 Å². The number of aromatic nitrogens is 1. The van der Waals surface area contributed by atoms with E-state index in [2.05, 4.69) is 29.2 Å². The van der Waals surface area contributed by atoms with E-state index in [0.29, 0.717) is 5.92 Å². The smallest absolute Gasteiger partial charge is 0.127 e.